The molecule has 0 aromatic heterocycles. The lowest BCUT2D eigenvalue weighted by atomic mass is 10.1. The summed E-state index contributed by atoms with van der Waals surface area (Å²) < 4.78 is 48.7. The Kier molecular flexibility index (Phi) is 6.76. The average Bonchev–Trinajstić information content (AvgIpc) is 2.64. The van der Waals surface area contributed by atoms with E-state index in [0.29, 0.717) is 12.4 Å². The summed E-state index contributed by atoms with van der Waals surface area (Å²) in [5.41, 5.74) is 0.817. The normalized spacial score (nSPS) is 12.1. The van der Waals surface area contributed by atoms with Crippen molar-refractivity contribution in [3.63, 3.8) is 0 Å². The summed E-state index contributed by atoms with van der Waals surface area (Å²) >= 11 is 0. The van der Waals surface area contributed by atoms with Crippen LogP contribution < -0.4 is 4.74 Å². The Morgan fingerprint density at radius 1 is 1.04 bits per heavy atom. The fraction of sp³-hybridized carbons (Fsp3) is 0.200. The molecule has 0 heterocycles. The summed E-state index contributed by atoms with van der Waals surface area (Å²) in [6, 6.07) is 14.8. The van der Waals surface area contributed by atoms with Crippen LogP contribution in [0.25, 0.3) is 0 Å². The van der Waals surface area contributed by atoms with Crippen molar-refractivity contribution < 1.29 is 32.2 Å². The lowest BCUT2D eigenvalue weighted by Gasteiger charge is -2.19. The lowest BCUT2D eigenvalue weighted by molar-refractivity contribution is -0.204. The van der Waals surface area contributed by atoms with Crippen molar-refractivity contribution in [3.05, 3.63) is 78.4 Å². The highest BCUT2D eigenvalue weighted by atomic mass is 19.4. The number of esters is 1. The van der Waals surface area contributed by atoms with Crippen LogP contribution in [0.3, 0.4) is 0 Å². The lowest BCUT2D eigenvalue weighted by Crippen LogP contribution is -2.40. The van der Waals surface area contributed by atoms with Gasteiger partial charge in [0.25, 0.3) is 6.10 Å². The zero-order valence-corrected chi connectivity index (χ0v) is 14.2. The molecule has 2 rings (SSSR count). The minimum absolute atomic E-state index is 0.122. The van der Waals surface area contributed by atoms with E-state index in [1.54, 1.807) is 0 Å². The maximum absolute atomic E-state index is 12.9. The molecule has 0 spiro atoms. The third-order valence-electron chi connectivity index (χ3n) is 3.50. The summed E-state index contributed by atoms with van der Waals surface area (Å²) in [5.74, 6) is -2.09. The third-order valence-corrected chi connectivity index (χ3v) is 3.50. The monoisotopic (exact) mass is 378 g/mol. The first kappa shape index (κ1) is 20.2. The molecule has 0 fully saturated rings. The number of alkyl halides is 3. The number of halogens is 3. The van der Waals surface area contributed by atoms with E-state index in [1.165, 1.54) is 24.3 Å². The van der Waals surface area contributed by atoms with Crippen LogP contribution >= 0.6 is 0 Å². The van der Waals surface area contributed by atoms with Crippen LogP contribution in [0.5, 0.6) is 5.75 Å². The Balaban J connectivity index is 2.01. The SMILES string of the molecule is C=CCC(=O)C(OC(=O)c1ccc(OCc2ccccc2)cc1)C(F)(F)F. The zero-order chi connectivity index (χ0) is 19.9. The molecule has 1 atom stereocenters. The number of carbonyl (C=O) groups excluding carboxylic acids is 2. The second-order valence-electron chi connectivity index (χ2n) is 5.58. The minimum atomic E-state index is -4.99. The smallest absolute Gasteiger partial charge is 0.432 e. The van der Waals surface area contributed by atoms with Crippen molar-refractivity contribution >= 4 is 11.8 Å². The van der Waals surface area contributed by atoms with Crippen molar-refractivity contribution in [3.8, 4) is 5.75 Å². The molecule has 27 heavy (non-hydrogen) atoms. The first-order valence-corrected chi connectivity index (χ1v) is 7.99. The maximum atomic E-state index is 12.9. The molecule has 1 unspecified atom stereocenters. The molecule has 2 aromatic rings. The molecule has 0 bridgehead atoms. The van der Waals surface area contributed by atoms with Crippen molar-refractivity contribution in [1.82, 2.24) is 0 Å². The average molecular weight is 378 g/mol. The van der Waals surface area contributed by atoms with Gasteiger partial charge in [-0.1, -0.05) is 36.4 Å². The molecule has 0 saturated carbocycles. The molecule has 0 N–H and O–H groups in total. The van der Waals surface area contributed by atoms with Crippen molar-refractivity contribution in [1.29, 1.82) is 0 Å². The van der Waals surface area contributed by atoms with Crippen LogP contribution in [0.15, 0.2) is 67.3 Å². The molecule has 4 nitrogen and oxygen atoms in total. The molecule has 7 heteroatoms. The van der Waals surface area contributed by atoms with Gasteiger partial charge in [0.15, 0.2) is 5.78 Å². The summed E-state index contributed by atoms with van der Waals surface area (Å²) in [5, 5.41) is 0. The van der Waals surface area contributed by atoms with Gasteiger partial charge in [-0.3, -0.25) is 4.79 Å². The second-order valence-corrected chi connectivity index (χ2v) is 5.58. The molecule has 0 aliphatic rings. The number of allylic oxidation sites excluding steroid dienone is 1. The molecule has 0 saturated heterocycles. The predicted octanol–water partition coefficient (Wildman–Crippen LogP) is 4.50. The summed E-state index contributed by atoms with van der Waals surface area (Å²) in [6.45, 7) is 3.51. The van der Waals surface area contributed by atoms with E-state index in [-0.39, 0.29) is 5.56 Å². The van der Waals surface area contributed by atoms with Gasteiger partial charge in [0.2, 0.25) is 0 Å². The van der Waals surface area contributed by atoms with Crippen LogP contribution in [0.1, 0.15) is 22.3 Å². The van der Waals surface area contributed by atoms with Crippen LogP contribution in [0.4, 0.5) is 13.2 Å². The van der Waals surface area contributed by atoms with Gasteiger partial charge >= 0.3 is 12.1 Å². The zero-order valence-electron chi connectivity index (χ0n) is 14.2. The van der Waals surface area contributed by atoms with Crippen molar-refractivity contribution in [2.24, 2.45) is 0 Å². The minimum Gasteiger partial charge on any atom is -0.489 e. The van der Waals surface area contributed by atoms with E-state index >= 15 is 0 Å². The molecule has 0 amide bonds. The van der Waals surface area contributed by atoms with Gasteiger partial charge in [0.05, 0.1) is 5.56 Å². The van der Waals surface area contributed by atoms with Crippen LogP contribution in [-0.4, -0.2) is 24.0 Å². The highest BCUT2D eigenvalue weighted by Crippen LogP contribution is 2.26. The molecule has 2 aromatic carbocycles. The van der Waals surface area contributed by atoms with E-state index in [0.717, 1.165) is 11.6 Å². The van der Waals surface area contributed by atoms with Crippen LogP contribution in [0, 0.1) is 0 Å². The van der Waals surface area contributed by atoms with Gasteiger partial charge in [-0.2, -0.15) is 13.2 Å². The van der Waals surface area contributed by atoms with E-state index in [4.69, 9.17) is 4.74 Å². The number of rotatable bonds is 8. The van der Waals surface area contributed by atoms with E-state index in [9.17, 15) is 22.8 Å². The largest absolute Gasteiger partial charge is 0.489 e. The van der Waals surface area contributed by atoms with Crippen molar-refractivity contribution in [2.45, 2.75) is 25.3 Å². The number of hydrogen-bond acceptors (Lipinski definition) is 4. The number of Topliss-reactive ketones (excluding diaryl/α,β-unsaturated/α-hetero) is 1. The molecule has 142 valence electrons. The predicted molar refractivity (Wildman–Crippen MR) is 92.3 cm³/mol. The highest BCUT2D eigenvalue weighted by Gasteiger charge is 2.47. The number of carbonyl (C=O) groups is 2. The van der Waals surface area contributed by atoms with E-state index < -0.39 is 30.5 Å². The molecular formula is C20H17F3O4. The van der Waals surface area contributed by atoms with Crippen LogP contribution in [-0.2, 0) is 16.1 Å². The summed E-state index contributed by atoms with van der Waals surface area (Å²) in [6.07, 6.45) is -7.34. The molecule has 0 aliphatic heterocycles. The first-order chi connectivity index (χ1) is 12.8. The standard InChI is InChI=1S/C20H17F3O4/c1-2-6-17(24)18(20(21,22)23)27-19(25)15-9-11-16(12-10-15)26-13-14-7-4-3-5-8-14/h2-5,7-12,18H,1,6,13H2. The third kappa shape index (κ3) is 5.99. The van der Waals surface area contributed by atoms with Crippen molar-refractivity contribution in [2.75, 3.05) is 0 Å². The summed E-state index contributed by atoms with van der Waals surface area (Å²) in [7, 11) is 0. The highest BCUT2D eigenvalue weighted by molar-refractivity contribution is 5.93. The number of benzene rings is 2. The van der Waals surface area contributed by atoms with Gasteiger partial charge in [0.1, 0.15) is 12.4 Å². The fourth-order valence-electron chi connectivity index (χ4n) is 2.17. The number of hydrogen-bond donors (Lipinski definition) is 0. The quantitative estimate of drug-likeness (QED) is 0.501. The Labute approximate surface area is 154 Å². The Morgan fingerprint density at radius 3 is 2.22 bits per heavy atom. The molecule has 0 aliphatic carbocycles. The Hall–Kier alpha value is -3.09. The molecular weight excluding hydrogens is 361 g/mol. The van der Waals surface area contributed by atoms with Crippen LogP contribution in [0.2, 0.25) is 0 Å². The Bertz CT molecular complexity index is 783. The first-order valence-electron chi connectivity index (χ1n) is 7.99. The van der Waals surface area contributed by atoms with Gasteiger partial charge in [-0.05, 0) is 29.8 Å². The Morgan fingerprint density at radius 2 is 1.67 bits per heavy atom. The number of ether oxygens (including phenoxy) is 2. The second kappa shape index (κ2) is 9.02. The van der Waals surface area contributed by atoms with Gasteiger partial charge in [-0.25, -0.2) is 4.79 Å². The number of ketones is 1. The van der Waals surface area contributed by atoms with Gasteiger partial charge in [0, 0.05) is 6.42 Å². The van der Waals surface area contributed by atoms with E-state index in [1.807, 2.05) is 30.3 Å². The maximum Gasteiger partial charge on any atom is 0.432 e. The molecule has 0 radical (unpaired) electrons. The fourth-order valence-corrected chi connectivity index (χ4v) is 2.17. The van der Waals surface area contributed by atoms with Gasteiger partial charge in [-0.15, -0.1) is 6.58 Å². The van der Waals surface area contributed by atoms with E-state index in [2.05, 4.69) is 11.3 Å². The topological polar surface area (TPSA) is 52.6 Å². The van der Waals surface area contributed by atoms with Gasteiger partial charge < -0.3 is 9.47 Å². The summed E-state index contributed by atoms with van der Waals surface area (Å²) in [4.78, 5) is 23.5.